The summed E-state index contributed by atoms with van der Waals surface area (Å²) in [6.07, 6.45) is -9.80. The maximum Gasteiger partial charge on any atom is 0.416 e. The molecule has 0 aromatic heterocycles. The molecule has 0 bridgehead atoms. The molecular weight excluding hydrogens is 697 g/mol. The summed E-state index contributed by atoms with van der Waals surface area (Å²) in [5.74, 6) is -9.89. The summed E-state index contributed by atoms with van der Waals surface area (Å²) in [4.78, 5) is 51.6. The average molecular weight is 721 g/mol. The van der Waals surface area contributed by atoms with Crippen LogP contribution >= 0.6 is 23.2 Å². The Kier molecular flexibility index (Phi) is 7.60. The van der Waals surface area contributed by atoms with Crippen molar-refractivity contribution >= 4 is 52.5 Å². The normalized spacial score (nSPS) is 30.3. The van der Waals surface area contributed by atoms with Crippen molar-refractivity contribution in [2.45, 2.75) is 40.9 Å². The molecule has 2 aliphatic carbocycles. The van der Waals surface area contributed by atoms with Gasteiger partial charge in [-0.05, 0) is 37.0 Å². The van der Waals surface area contributed by atoms with Crippen molar-refractivity contribution in [3.8, 4) is 17.2 Å². The SMILES string of the molecule is COc1cc(O)c(C2C3=CCC4C(=O)N(c5cc(C(F)(F)F)cc(C(F)(F)F)c5)C(=O)C4C3CC3(Cl)C(=O)N(C)C(=O)C23Cl)c(OC)c1. The van der Waals surface area contributed by atoms with Gasteiger partial charge in [0.1, 0.15) is 17.2 Å². The average Bonchev–Trinajstić information content (AvgIpc) is 3.34. The van der Waals surface area contributed by atoms with Crippen molar-refractivity contribution in [3.05, 3.63) is 58.7 Å². The fourth-order valence-corrected chi connectivity index (χ4v) is 8.55. The number of allylic oxidation sites excluding steroid dienone is 2. The van der Waals surface area contributed by atoms with Crippen LogP contribution in [-0.4, -0.2) is 64.7 Å². The van der Waals surface area contributed by atoms with Gasteiger partial charge in [0, 0.05) is 30.7 Å². The van der Waals surface area contributed by atoms with E-state index in [4.69, 9.17) is 32.7 Å². The zero-order valence-corrected chi connectivity index (χ0v) is 26.5. The summed E-state index contributed by atoms with van der Waals surface area (Å²) in [7, 11) is 3.69. The molecule has 4 amide bonds. The first-order valence-corrected chi connectivity index (χ1v) is 15.0. The molecule has 6 atom stereocenters. The van der Waals surface area contributed by atoms with E-state index in [1.165, 1.54) is 32.4 Å². The lowest BCUT2D eigenvalue weighted by Crippen LogP contribution is -2.60. The lowest BCUT2D eigenvalue weighted by Gasteiger charge is -2.51. The van der Waals surface area contributed by atoms with E-state index in [-0.39, 0.29) is 52.2 Å². The lowest BCUT2D eigenvalue weighted by molar-refractivity contribution is -0.143. The molecule has 6 rings (SSSR count). The number of hydrogen-bond donors (Lipinski definition) is 1. The van der Waals surface area contributed by atoms with Crippen molar-refractivity contribution in [2.24, 2.45) is 17.8 Å². The zero-order valence-electron chi connectivity index (χ0n) is 25.0. The van der Waals surface area contributed by atoms with Crippen LogP contribution in [-0.2, 0) is 31.5 Å². The number of hydrogen-bond acceptors (Lipinski definition) is 7. The van der Waals surface area contributed by atoms with Gasteiger partial charge in [0.05, 0.1) is 42.9 Å². The summed E-state index contributed by atoms with van der Waals surface area (Å²) >= 11 is 14.2. The van der Waals surface area contributed by atoms with Gasteiger partial charge in [0.2, 0.25) is 11.8 Å². The number of likely N-dealkylation sites (tertiary alicyclic amines) is 1. The number of ether oxygens (including phenoxy) is 2. The van der Waals surface area contributed by atoms with Crippen LogP contribution in [0.4, 0.5) is 32.0 Å². The number of benzene rings is 2. The quantitative estimate of drug-likeness (QED) is 0.188. The van der Waals surface area contributed by atoms with E-state index in [1.807, 2.05) is 0 Å². The highest BCUT2D eigenvalue weighted by atomic mass is 35.5. The van der Waals surface area contributed by atoms with Gasteiger partial charge >= 0.3 is 12.4 Å². The first kappa shape index (κ1) is 33.9. The van der Waals surface area contributed by atoms with Crippen molar-refractivity contribution in [1.29, 1.82) is 0 Å². The first-order chi connectivity index (χ1) is 22.2. The van der Waals surface area contributed by atoms with E-state index in [0.29, 0.717) is 4.90 Å². The molecule has 2 aromatic carbocycles. The molecule has 1 N–H and O–H groups in total. The van der Waals surface area contributed by atoms with Crippen molar-refractivity contribution in [2.75, 3.05) is 26.2 Å². The molecule has 2 aliphatic heterocycles. The number of methoxy groups -OCH3 is 2. The molecular formula is C31H24Cl2F6N2O7. The Morgan fingerprint density at radius 3 is 2.00 bits per heavy atom. The second kappa shape index (κ2) is 10.8. The van der Waals surface area contributed by atoms with Crippen LogP contribution in [0.1, 0.15) is 35.4 Å². The number of fused-ring (bicyclic) bond motifs is 4. The molecule has 2 heterocycles. The van der Waals surface area contributed by atoms with Crippen LogP contribution in [0.5, 0.6) is 17.2 Å². The van der Waals surface area contributed by atoms with E-state index in [0.717, 1.165) is 7.05 Å². The van der Waals surface area contributed by atoms with Gasteiger partial charge in [0.25, 0.3) is 11.8 Å². The third kappa shape index (κ3) is 4.52. The Morgan fingerprint density at radius 1 is 0.854 bits per heavy atom. The number of alkyl halides is 8. The Bertz CT molecular complexity index is 1800. The van der Waals surface area contributed by atoms with E-state index in [1.54, 1.807) is 0 Å². The molecule has 256 valence electrons. The number of carbonyl (C=O) groups is 4. The summed E-state index contributed by atoms with van der Waals surface area (Å²) < 4.78 is 92.8. The molecule has 3 fully saturated rings. The topological polar surface area (TPSA) is 113 Å². The van der Waals surface area contributed by atoms with Crippen molar-refractivity contribution in [1.82, 2.24) is 4.90 Å². The van der Waals surface area contributed by atoms with Crippen LogP contribution in [0.15, 0.2) is 42.0 Å². The Hall–Kier alpha value is -3.98. The molecule has 1 saturated carbocycles. The molecule has 2 aromatic rings. The standard InChI is InChI=1S/C31H24Cl2F6N2O7/c1-40-26(45)28(32)11-18-16(23(29(28,33)27(40)46)22-19(42)9-15(47-2)10-20(22)48-3)4-5-17-21(18)25(44)41(24(17)43)14-7-12(30(34,35)36)6-13(8-14)31(37,38)39/h4,6-10,17-18,21,23,42H,5,11H2,1-3H3. The van der Waals surface area contributed by atoms with E-state index < -0.39 is 98.4 Å². The lowest BCUT2D eigenvalue weighted by atomic mass is 9.56. The van der Waals surface area contributed by atoms with Crippen LogP contribution < -0.4 is 14.4 Å². The molecule has 0 radical (unpaired) electrons. The number of carbonyl (C=O) groups excluding carboxylic acids is 4. The molecule has 4 aliphatic rings. The Balaban J connectivity index is 1.54. The van der Waals surface area contributed by atoms with Gasteiger partial charge < -0.3 is 14.6 Å². The summed E-state index contributed by atoms with van der Waals surface area (Å²) in [6, 6.07) is 2.98. The Morgan fingerprint density at radius 2 is 1.46 bits per heavy atom. The van der Waals surface area contributed by atoms with Gasteiger partial charge in [-0.1, -0.05) is 11.6 Å². The number of phenolic OH excluding ortho intramolecular Hbond substituents is 1. The molecule has 0 spiro atoms. The highest BCUT2D eigenvalue weighted by Crippen LogP contribution is 2.67. The number of phenols is 1. The van der Waals surface area contributed by atoms with Gasteiger partial charge in [-0.3, -0.25) is 24.1 Å². The minimum absolute atomic E-state index is 0.0477. The predicted octanol–water partition coefficient (Wildman–Crippen LogP) is 5.64. The summed E-state index contributed by atoms with van der Waals surface area (Å²) in [6.45, 7) is 0. The number of amides is 4. The largest absolute Gasteiger partial charge is 0.507 e. The van der Waals surface area contributed by atoms with Gasteiger partial charge in [-0.2, -0.15) is 26.3 Å². The maximum absolute atomic E-state index is 14.1. The van der Waals surface area contributed by atoms with E-state index in [2.05, 4.69) is 0 Å². The van der Waals surface area contributed by atoms with Gasteiger partial charge in [-0.25, -0.2) is 4.90 Å². The molecule has 17 heteroatoms. The predicted molar refractivity (Wildman–Crippen MR) is 156 cm³/mol. The number of nitrogens with zero attached hydrogens (tertiary/aromatic N) is 2. The number of halogens is 8. The third-order valence-corrected chi connectivity index (χ3v) is 11.1. The van der Waals surface area contributed by atoms with Crippen LogP contribution in [0.3, 0.4) is 0 Å². The van der Waals surface area contributed by atoms with Crippen LogP contribution in [0.2, 0.25) is 0 Å². The highest BCUT2D eigenvalue weighted by molar-refractivity contribution is 6.53. The maximum atomic E-state index is 14.1. The Labute approximate surface area is 277 Å². The summed E-state index contributed by atoms with van der Waals surface area (Å²) in [5.41, 5.74) is -4.31. The van der Waals surface area contributed by atoms with Crippen LogP contribution in [0, 0.1) is 17.8 Å². The number of aromatic hydroxyl groups is 1. The second-order valence-electron chi connectivity index (χ2n) is 12.0. The smallest absolute Gasteiger partial charge is 0.416 e. The third-order valence-electron chi connectivity index (χ3n) is 9.68. The molecule has 48 heavy (non-hydrogen) atoms. The molecule has 2 saturated heterocycles. The van der Waals surface area contributed by atoms with E-state index >= 15 is 0 Å². The van der Waals surface area contributed by atoms with Crippen molar-refractivity contribution in [3.63, 3.8) is 0 Å². The van der Waals surface area contributed by atoms with E-state index in [9.17, 15) is 50.6 Å². The van der Waals surface area contributed by atoms with Crippen molar-refractivity contribution < 1.29 is 60.1 Å². The van der Waals surface area contributed by atoms with Gasteiger partial charge in [0.15, 0.2) is 9.75 Å². The zero-order chi connectivity index (χ0) is 35.5. The summed E-state index contributed by atoms with van der Waals surface area (Å²) in [5, 5.41) is 11.3. The molecule has 6 unspecified atom stereocenters. The number of imide groups is 2. The van der Waals surface area contributed by atoms with Gasteiger partial charge in [-0.15, -0.1) is 23.2 Å². The second-order valence-corrected chi connectivity index (χ2v) is 13.3. The fraction of sp³-hybridized carbons (Fsp3) is 0.419. The monoisotopic (exact) mass is 720 g/mol. The van der Waals surface area contributed by atoms with Crippen LogP contribution in [0.25, 0.3) is 0 Å². The first-order valence-electron chi connectivity index (χ1n) is 14.2. The highest BCUT2D eigenvalue weighted by Gasteiger charge is 2.76. The minimum atomic E-state index is -5.25. The minimum Gasteiger partial charge on any atom is -0.507 e. The number of rotatable bonds is 4. The fourth-order valence-electron chi connectivity index (χ4n) is 7.55. The molecule has 9 nitrogen and oxygen atoms in total. The number of anilines is 1.